The molecule has 0 spiro atoms. The molecule has 0 amide bonds. The Kier molecular flexibility index (Phi) is 3.71. The number of hydrogen-bond acceptors (Lipinski definition) is 4. The molecule has 0 aromatic carbocycles. The van der Waals surface area contributed by atoms with Crippen LogP contribution in [0.1, 0.15) is 11.5 Å². The summed E-state index contributed by atoms with van der Waals surface area (Å²) >= 11 is 0. The summed E-state index contributed by atoms with van der Waals surface area (Å²) in [4.78, 5) is 12.8. The van der Waals surface area contributed by atoms with Crippen LogP contribution in [0, 0.1) is 6.92 Å². The predicted molar refractivity (Wildman–Crippen MR) is 51.8 cm³/mol. The summed E-state index contributed by atoms with van der Waals surface area (Å²) in [6.07, 6.45) is 0. The van der Waals surface area contributed by atoms with Crippen molar-refractivity contribution in [2.45, 2.75) is 13.5 Å². The van der Waals surface area contributed by atoms with E-state index in [9.17, 15) is 4.79 Å². The van der Waals surface area contributed by atoms with Gasteiger partial charge in [0.25, 0.3) is 0 Å². The van der Waals surface area contributed by atoms with Crippen molar-refractivity contribution >= 4 is 5.97 Å². The minimum atomic E-state index is -0.240. The van der Waals surface area contributed by atoms with E-state index in [-0.39, 0.29) is 12.5 Å². The summed E-state index contributed by atoms with van der Waals surface area (Å²) in [6, 6.07) is 3.81. The number of furan rings is 1. The lowest BCUT2D eigenvalue weighted by Gasteiger charge is -2.12. The van der Waals surface area contributed by atoms with Crippen molar-refractivity contribution in [1.29, 1.82) is 0 Å². The van der Waals surface area contributed by atoms with Crippen LogP contribution in [0.4, 0.5) is 0 Å². The van der Waals surface area contributed by atoms with Crippen LogP contribution in [0.15, 0.2) is 16.5 Å². The van der Waals surface area contributed by atoms with E-state index in [0.29, 0.717) is 6.54 Å². The van der Waals surface area contributed by atoms with E-state index in [0.717, 1.165) is 11.5 Å². The van der Waals surface area contributed by atoms with Crippen molar-refractivity contribution in [3.8, 4) is 0 Å². The van der Waals surface area contributed by atoms with Gasteiger partial charge in [-0.15, -0.1) is 0 Å². The largest absolute Gasteiger partial charge is 0.468 e. The number of likely N-dealkylation sites (N-methyl/N-ethyl adjacent to an activating group) is 1. The Labute approximate surface area is 83.5 Å². The first-order valence-electron chi connectivity index (χ1n) is 4.42. The minimum Gasteiger partial charge on any atom is -0.468 e. The van der Waals surface area contributed by atoms with E-state index < -0.39 is 0 Å². The Morgan fingerprint density at radius 1 is 1.57 bits per heavy atom. The molecule has 0 fully saturated rings. The molecule has 1 rings (SSSR count). The number of carbonyl (C=O) groups is 1. The van der Waals surface area contributed by atoms with Gasteiger partial charge < -0.3 is 9.15 Å². The number of hydrogen-bond donors (Lipinski definition) is 0. The second-order valence-corrected chi connectivity index (χ2v) is 3.26. The third kappa shape index (κ3) is 3.22. The normalized spacial score (nSPS) is 10.6. The van der Waals surface area contributed by atoms with Crippen molar-refractivity contribution in [3.63, 3.8) is 0 Å². The average molecular weight is 197 g/mol. The van der Waals surface area contributed by atoms with Gasteiger partial charge in [-0.3, -0.25) is 9.69 Å². The van der Waals surface area contributed by atoms with E-state index >= 15 is 0 Å². The summed E-state index contributed by atoms with van der Waals surface area (Å²) in [5.41, 5.74) is 0. The highest BCUT2D eigenvalue weighted by Crippen LogP contribution is 2.08. The topological polar surface area (TPSA) is 42.7 Å². The molecule has 1 aromatic rings. The molecular weight excluding hydrogens is 182 g/mol. The third-order valence-electron chi connectivity index (χ3n) is 1.85. The van der Waals surface area contributed by atoms with Crippen molar-refractivity contribution < 1.29 is 13.9 Å². The number of aryl methyl sites for hydroxylation is 1. The maximum atomic E-state index is 10.9. The predicted octanol–water partition coefficient (Wildman–Crippen LogP) is 1.19. The van der Waals surface area contributed by atoms with Crippen molar-refractivity contribution in [2.24, 2.45) is 0 Å². The van der Waals surface area contributed by atoms with Gasteiger partial charge in [0.2, 0.25) is 0 Å². The Morgan fingerprint density at radius 2 is 2.29 bits per heavy atom. The molecule has 0 unspecified atom stereocenters. The van der Waals surface area contributed by atoms with Gasteiger partial charge in [0.15, 0.2) is 0 Å². The van der Waals surface area contributed by atoms with Crippen molar-refractivity contribution in [3.05, 3.63) is 23.7 Å². The zero-order valence-corrected chi connectivity index (χ0v) is 8.74. The van der Waals surface area contributed by atoms with Crippen LogP contribution >= 0.6 is 0 Å². The maximum absolute atomic E-state index is 10.9. The van der Waals surface area contributed by atoms with E-state index in [1.165, 1.54) is 7.11 Å². The zero-order valence-electron chi connectivity index (χ0n) is 8.74. The Balaban J connectivity index is 2.41. The summed E-state index contributed by atoms with van der Waals surface area (Å²) < 4.78 is 9.93. The summed E-state index contributed by atoms with van der Waals surface area (Å²) in [5, 5.41) is 0. The average Bonchev–Trinajstić information content (AvgIpc) is 2.50. The highest BCUT2D eigenvalue weighted by Gasteiger charge is 2.08. The van der Waals surface area contributed by atoms with Gasteiger partial charge in [0.05, 0.1) is 20.2 Å². The fraction of sp³-hybridized carbons (Fsp3) is 0.500. The van der Waals surface area contributed by atoms with Crippen LogP contribution in [0.5, 0.6) is 0 Å². The number of carbonyl (C=O) groups excluding carboxylic acids is 1. The zero-order chi connectivity index (χ0) is 10.6. The molecule has 1 heterocycles. The lowest BCUT2D eigenvalue weighted by Crippen LogP contribution is -2.26. The van der Waals surface area contributed by atoms with E-state index in [1.54, 1.807) is 0 Å². The molecule has 0 aliphatic heterocycles. The molecule has 78 valence electrons. The maximum Gasteiger partial charge on any atom is 0.319 e. The van der Waals surface area contributed by atoms with E-state index in [1.807, 2.05) is 31.0 Å². The molecule has 0 atom stereocenters. The van der Waals surface area contributed by atoms with Gasteiger partial charge in [-0.1, -0.05) is 0 Å². The molecule has 4 nitrogen and oxygen atoms in total. The lowest BCUT2D eigenvalue weighted by atomic mass is 10.4. The summed E-state index contributed by atoms with van der Waals surface area (Å²) in [6.45, 7) is 2.78. The number of ether oxygens (including phenoxy) is 1. The standard InChI is InChI=1S/C10H15NO3/c1-8-4-5-9(14-8)6-11(2)7-10(12)13-3/h4-5H,6-7H2,1-3H3. The smallest absolute Gasteiger partial charge is 0.319 e. The monoisotopic (exact) mass is 197 g/mol. The van der Waals surface area contributed by atoms with Gasteiger partial charge in [-0.05, 0) is 26.1 Å². The molecule has 14 heavy (non-hydrogen) atoms. The summed E-state index contributed by atoms with van der Waals surface area (Å²) in [5.74, 6) is 1.50. The third-order valence-corrected chi connectivity index (χ3v) is 1.85. The Hall–Kier alpha value is -1.29. The fourth-order valence-electron chi connectivity index (χ4n) is 1.18. The van der Waals surface area contributed by atoms with E-state index in [2.05, 4.69) is 4.74 Å². The second-order valence-electron chi connectivity index (χ2n) is 3.26. The molecule has 0 bridgehead atoms. The molecule has 4 heteroatoms. The Morgan fingerprint density at radius 3 is 2.79 bits per heavy atom. The molecular formula is C10H15NO3. The van der Waals surface area contributed by atoms with E-state index in [4.69, 9.17) is 4.42 Å². The van der Waals surface area contributed by atoms with Gasteiger partial charge in [-0.2, -0.15) is 0 Å². The molecule has 0 saturated carbocycles. The Bertz CT molecular complexity index is 306. The number of rotatable bonds is 4. The minimum absolute atomic E-state index is 0.240. The second kappa shape index (κ2) is 4.81. The van der Waals surface area contributed by atoms with Gasteiger partial charge in [0.1, 0.15) is 11.5 Å². The summed E-state index contributed by atoms with van der Waals surface area (Å²) in [7, 11) is 3.22. The SMILES string of the molecule is COC(=O)CN(C)Cc1ccc(C)o1. The van der Waals surface area contributed by atoms with Crippen LogP contribution in [0.3, 0.4) is 0 Å². The quantitative estimate of drug-likeness (QED) is 0.680. The number of esters is 1. The molecule has 0 aliphatic rings. The van der Waals surface area contributed by atoms with Crippen LogP contribution in [-0.4, -0.2) is 31.6 Å². The van der Waals surface area contributed by atoms with Gasteiger partial charge >= 0.3 is 5.97 Å². The van der Waals surface area contributed by atoms with Crippen LogP contribution in [0.2, 0.25) is 0 Å². The first kappa shape index (κ1) is 10.8. The van der Waals surface area contributed by atoms with Crippen LogP contribution in [0.25, 0.3) is 0 Å². The highest BCUT2D eigenvalue weighted by atomic mass is 16.5. The number of nitrogens with zero attached hydrogens (tertiary/aromatic N) is 1. The first-order chi connectivity index (χ1) is 6.61. The first-order valence-corrected chi connectivity index (χ1v) is 4.42. The van der Waals surface area contributed by atoms with Crippen molar-refractivity contribution in [2.75, 3.05) is 20.7 Å². The van der Waals surface area contributed by atoms with Crippen LogP contribution < -0.4 is 0 Å². The molecule has 0 N–H and O–H groups in total. The number of methoxy groups -OCH3 is 1. The molecule has 0 radical (unpaired) electrons. The molecule has 1 aromatic heterocycles. The molecule has 0 saturated heterocycles. The van der Waals surface area contributed by atoms with Crippen molar-refractivity contribution in [1.82, 2.24) is 4.90 Å². The van der Waals surface area contributed by atoms with Gasteiger partial charge in [0, 0.05) is 0 Å². The molecule has 0 aliphatic carbocycles. The van der Waals surface area contributed by atoms with Crippen LogP contribution in [-0.2, 0) is 16.1 Å². The highest BCUT2D eigenvalue weighted by molar-refractivity contribution is 5.71. The fourth-order valence-corrected chi connectivity index (χ4v) is 1.18. The van der Waals surface area contributed by atoms with Gasteiger partial charge in [-0.25, -0.2) is 0 Å². The lowest BCUT2D eigenvalue weighted by molar-refractivity contribution is -0.141.